The van der Waals surface area contributed by atoms with Crippen LogP contribution in [0.4, 0.5) is 13.2 Å². The van der Waals surface area contributed by atoms with Crippen molar-refractivity contribution in [1.82, 2.24) is 5.32 Å². The molecule has 1 rings (SSSR count). The quantitative estimate of drug-likeness (QED) is 0.616. The Kier molecular flexibility index (Phi) is 4.39. The Hall–Kier alpha value is -1.47. The van der Waals surface area contributed by atoms with Crippen LogP contribution in [0.2, 0.25) is 0 Å². The smallest absolute Gasteiger partial charge is 0.194 e. The molecule has 1 aromatic carbocycles. The third kappa shape index (κ3) is 2.56. The highest BCUT2D eigenvalue weighted by atomic mass is 19.2. The first-order valence-electron chi connectivity index (χ1n) is 4.94. The molecule has 0 radical (unpaired) electrons. The first-order chi connectivity index (χ1) is 7.61. The molecular formula is C12H12F3N. The largest absolute Gasteiger partial charge is 0.300 e. The molecule has 0 saturated carbocycles. The summed E-state index contributed by atoms with van der Waals surface area (Å²) in [5.41, 5.74) is -0.0464. The van der Waals surface area contributed by atoms with Crippen LogP contribution in [0.1, 0.15) is 24.9 Å². The number of benzene rings is 1. The maximum atomic E-state index is 13.4. The average Bonchev–Trinajstić information content (AvgIpc) is 2.29. The summed E-state index contributed by atoms with van der Waals surface area (Å²) in [6.45, 7) is 2.50. The Bertz CT molecular complexity index is 409. The van der Waals surface area contributed by atoms with Gasteiger partial charge in [0.2, 0.25) is 0 Å². The Labute approximate surface area is 92.7 Å². The van der Waals surface area contributed by atoms with Crippen molar-refractivity contribution >= 4 is 0 Å². The van der Waals surface area contributed by atoms with Crippen molar-refractivity contribution in [3.05, 3.63) is 35.1 Å². The predicted octanol–water partition coefficient (Wildman–Crippen LogP) is 2.78. The lowest BCUT2D eigenvalue weighted by atomic mass is 10.1. The normalized spacial score (nSPS) is 12.2. The van der Waals surface area contributed by atoms with Gasteiger partial charge in [-0.2, -0.15) is 0 Å². The van der Waals surface area contributed by atoms with Crippen molar-refractivity contribution in [1.29, 1.82) is 0 Å². The van der Waals surface area contributed by atoms with Crippen LogP contribution in [0.3, 0.4) is 0 Å². The Morgan fingerprint density at radius 1 is 1.31 bits per heavy atom. The van der Waals surface area contributed by atoms with Gasteiger partial charge in [0, 0.05) is 5.56 Å². The topological polar surface area (TPSA) is 12.0 Å². The van der Waals surface area contributed by atoms with Gasteiger partial charge in [0.1, 0.15) is 0 Å². The van der Waals surface area contributed by atoms with Crippen molar-refractivity contribution in [2.45, 2.75) is 19.4 Å². The molecule has 0 fully saturated rings. The fourth-order valence-corrected chi connectivity index (χ4v) is 1.31. The van der Waals surface area contributed by atoms with Crippen LogP contribution in [0.5, 0.6) is 0 Å². The number of terminal acetylenes is 1. The summed E-state index contributed by atoms with van der Waals surface area (Å²) < 4.78 is 39.0. The fourth-order valence-electron chi connectivity index (χ4n) is 1.31. The van der Waals surface area contributed by atoms with Gasteiger partial charge in [-0.15, -0.1) is 6.42 Å². The van der Waals surface area contributed by atoms with Crippen LogP contribution in [-0.4, -0.2) is 6.54 Å². The summed E-state index contributed by atoms with van der Waals surface area (Å²) >= 11 is 0. The van der Waals surface area contributed by atoms with Gasteiger partial charge < -0.3 is 0 Å². The molecule has 0 heterocycles. The van der Waals surface area contributed by atoms with Crippen molar-refractivity contribution < 1.29 is 13.2 Å². The summed E-state index contributed by atoms with van der Waals surface area (Å²) in [5, 5.41) is 2.86. The summed E-state index contributed by atoms with van der Waals surface area (Å²) in [6.07, 6.45) is 6.02. The van der Waals surface area contributed by atoms with E-state index in [9.17, 15) is 13.2 Å². The highest BCUT2D eigenvalue weighted by Crippen LogP contribution is 2.20. The lowest BCUT2D eigenvalue weighted by molar-refractivity contribution is 0.434. The zero-order valence-corrected chi connectivity index (χ0v) is 8.86. The highest BCUT2D eigenvalue weighted by Gasteiger charge is 2.18. The molecule has 0 bridgehead atoms. The molecule has 0 aliphatic carbocycles. The lowest BCUT2D eigenvalue weighted by Crippen LogP contribution is -2.22. The molecule has 1 N–H and O–H groups in total. The van der Waals surface area contributed by atoms with E-state index in [2.05, 4.69) is 11.2 Å². The molecule has 4 heteroatoms. The van der Waals surface area contributed by atoms with Crippen LogP contribution < -0.4 is 5.32 Å². The molecule has 1 aromatic rings. The van der Waals surface area contributed by atoms with E-state index in [1.807, 2.05) is 6.92 Å². The lowest BCUT2D eigenvalue weighted by Gasteiger charge is -2.13. The molecule has 0 aliphatic heterocycles. The number of hydrogen-bond acceptors (Lipinski definition) is 1. The molecule has 0 aliphatic rings. The van der Waals surface area contributed by atoms with Crippen molar-refractivity contribution in [3.8, 4) is 12.3 Å². The van der Waals surface area contributed by atoms with Crippen LogP contribution in [0.25, 0.3) is 0 Å². The second-order valence-corrected chi connectivity index (χ2v) is 3.32. The van der Waals surface area contributed by atoms with Gasteiger partial charge in [-0.3, -0.25) is 5.32 Å². The minimum atomic E-state index is -1.49. The minimum absolute atomic E-state index is 0.0464. The van der Waals surface area contributed by atoms with Gasteiger partial charge in [0.15, 0.2) is 17.5 Å². The maximum Gasteiger partial charge on any atom is 0.194 e. The second-order valence-electron chi connectivity index (χ2n) is 3.32. The Morgan fingerprint density at radius 3 is 2.56 bits per heavy atom. The summed E-state index contributed by atoms with van der Waals surface area (Å²) in [4.78, 5) is 0. The first kappa shape index (κ1) is 12.6. The third-order valence-corrected chi connectivity index (χ3v) is 2.14. The maximum absolute atomic E-state index is 13.4. The summed E-state index contributed by atoms with van der Waals surface area (Å²) in [7, 11) is 0. The molecule has 0 saturated heterocycles. The van der Waals surface area contributed by atoms with Crippen LogP contribution in [0.15, 0.2) is 12.1 Å². The van der Waals surface area contributed by atoms with Gasteiger partial charge in [-0.1, -0.05) is 18.9 Å². The second kappa shape index (κ2) is 5.57. The first-order valence-corrected chi connectivity index (χ1v) is 4.94. The van der Waals surface area contributed by atoms with Gasteiger partial charge in [-0.25, -0.2) is 13.2 Å². The van der Waals surface area contributed by atoms with E-state index >= 15 is 0 Å². The molecule has 0 amide bonds. The summed E-state index contributed by atoms with van der Waals surface area (Å²) in [5.74, 6) is -1.63. The van der Waals surface area contributed by atoms with Crippen molar-refractivity contribution in [2.24, 2.45) is 0 Å². The Balaban J connectivity index is 3.03. The molecular weight excluding hydrogens is 215 g/mol. The Morgan fingerprint density at radius 2 is 2.00 bits per heavy atom. The third-order valence-electron chi connectivity index (χ3n) is 2.14. The van der Waals surface area contributed by atoms with E-state index in [4.69, 9.17) is 6.42 Å². The number of nitrogens with one attached hydrogen (secondary N) is 1. The summed E-state index contributed by atoms with van der Waals surface area (Å²) in [6, 6.07) is 1.28. The number of rotatable bonds is 4. The van der Waals surface area contributed by atoms with Crippen LogP contribution in [-0.2, 0) is 0 Å². The zero-order chi connectivity index (χ0) is 12.1. The number of hydrogen-bond donors (Lipinski definition) is 1. The minimum Gasteiger partial charge on any atom is -0.300 e. The predicted molar refractivity (Wildman–Crippen MR) is 56.2 cm³/mol. The average molecular weight is 227 g/mol. The fraction of sp³-hybridized carbons (Fsp3) is 0.333. The van der Waals surface area contributed by atoms with E-state index < -0.39 is 23.5 Å². The zero-order valence-electron chi connectivity index (χ0n) is 8.86. The van der Waals surface area contributed by atoms with Crippen LogP contribution >= 0.6 is 0 Å². The standard InChI is InChI=1S/C12H12F3N/c1-3-7-16-10(4-2)8-5-6-9(13)12(15)11(8)14/h2,5-6,10,16H,3,7H2,1H3. The van der Waals surface area contributed by atoms with E-state index in [1.54, 1.807) is 0 Å². The van der Waals surface area contributed by atoms with Crippen molar-refractivity contribution in [3.63, 3.8) is 0 Å². The SMILES string of the molecule is C#CC(NCCC)c1ccc(F)c(F)c1F. The monoisotopic (exact) mass is 227 g/mol. The van der Waals surface area contributed by atoms with E-state index in [-0.39, 0.29) is 5.56 Å². The molecule has 0 aromatic heterocycles. The van der Waals surface area contributed by atoms with Crippen molar-refractivity contribution in [2.75, 3.05) is 6.54 Å². The van der Waals surface area contributed by atoms with Gasteiger partial charge in [0.05, 0.1) is 6.04 Å². The van der Waals surface area contributed by atoms with Crippen LogP contribution in [0, 0.1) is 29.8 Å². The van der Waals surface area contributed by atoms with Gasteiger partial charge >= 0.3 is 0 Å². The molecule has 1 nitrogen and oxygen atoms in total. The molecule has 0 spiro atoms. The highest BCUT2D eigenvalue weighted by molar-refractivity contribution is 5.28. The van der Waals surface area contributed by atoms with Gasteiger partial charge in [-0.05, 0) is 19.0 Å². The molecule has 1 atom stereocenters. The van der Waals surface area contributed by atoms with E-state index in [0.717, 1.165) is 18.6 Å². The molecule has 1 unspecified atom stereocenters. The molecule has 86 valence electrons. The number of halogens is 3. The molecule has 16 heavy (non-hydrogen) atoms. The van der Waals surface area contributed by atoms with E-state index in [0.29, 0.717) is 6.54 Å². The van der Waals surface area contributed by atoms with Gasteiger partial charge in [0.25, 0.3) is 0 Å². The van der Waals surface area contributed by atoms with E-state index in [1.165, 1.54) is 0 Å².